The Morgan fingerprint density at radius 3 is 2.38 bits per heavy atom. The zero-order valence-corrected chi connectivity index (χ0v) is 15.5. The number of amides is 1. The molecular weight excluding hydrogens is 372 g/mol. The average Bonchev–Trinajstić information content (AvgIpc) is 3.18. The third-order valence-corrected chi connectivity index (χ3v) is 6.05. The predicted octanol–water partition coefficient (Wildman–Crippen LogP) is 3.01. The number of aromatic nitrogens is 2. The molecule has 0 bridgehead atoms. The maximum atomic E-state index is 12.9. The monoisotopic (exact) mass is 388 g/mol. The first kappa shape index (κ1) is 18.0. The molecule has 2 aromatic carbocycles. The van der Waals surface area contributed by atoms with Gasteiger partial charge in [-0.25, -0.2) is 8.42 Å². The van der Waals surface area contributed by atoms with Crippen molar-refractivity contribution in [3.05, 3.63) is 65.7 Å². The first-order valence-electron chi connectivity index (χ1n) is 7.78. The van der Waals surface area contributed by atoms with Gasteiger partial charge in [0, 0.05) is 17.6 Å². The molecule has 0 radical (unpaired) electrons. The van der Waals surface area contributed by atoms with Gasteiger partial charge in [0.1, 0.15) is 0 Å². The fourth-order valence-corrected chi connectivity index (χ4v) is 4.29. The molecule has 9 heteroatoms. The van der Waals surface area contributed by atoms with E-state index in [1.807, 2.05) is 6.07 Å². The third kappa shape index (κ3) is 3.73. The highest BCUT2D eigenvalue weighted by Gasteiger charge is 2.23. The Bertz CT molecular complexity index is 973. The molecule has 0 saturated carbocycles. The van der Waals surface area contributed by atoms with E-state index in [-0.39, 0.29) is 10.6 Å². The number of carbonyl (C=O) groups excluding carboxylic acids is 1. The first-order chi connectivity index (χ1) is 12.5. The van der Waals surface area contributed by atoms with Crippen LogP contribution in [0.1, 0.15) is 17.4 Å². The van der Waals surface area contributed by atoms with Gasteiger partial charge in [-0.1, -0.05) is 22.7 Å². The molecule has 1 amide bonds. The van der Waals surface area contributed by atoms with E-state index in [2.05, 4.69) is 14.9 Å². The Hall–Kier alpha value is -2.78. The molecule has 0 fully saturated rings. The summed E-state index contributed by atoms with van der Waals surface area (Å²) in [6.45, 7) is 2.09. The van der Waals surface area contributed by atoms with Crippen molar-refractivity contribution in [1.29, 1.82) is 0 Å². The Labute approximate surface area is 155 Å². The number of hydrogen-bond donors (Lipinski definition) is 1. The molecule has 1 heterocycles. The van der Waals surface area contributed by atoms with Gasteiger partial charge in [0.2, 0.25) is 0 Å². The maximum absolute atomic E-state index is 12.9. The van der Waals surface area contributed by atoms with E-state index in [1.165, 1.54) is 21.8 Å². The number of nitrogens with one attached hydrogen (secondary N) is 1. The van der Waals surface area contributed by atoms with Crippen LogP contribution in [-0.4, -0.2) is 30.5 Å². The quantitative estimate of drug-likeness (QED) is 0.701. The largest absolute Gasteiger partial charge is 0.321 e. The number of carbonyl (C=O) groups is 1. The molecule has 0 spiro atoms. The number of anilines is 2. The van der Waals surface area contributed by atoms with E-state index in [9.17, 15) is 13.2 Å². The van der Waals surface area contributed by atoms with Crippen molar-refractivity contribution >= 4 is 38.8 Å². The highest BCUT2D eigenvalue weighted by atomic mass is 32.2. The number of nitrogens with zero attached hydrogens (tertiary/aromatic N) is 3. The molecular formula is C17H16N4O3S2. The van der Waals surface area contributed by atoms with Gasteiger partial charge in [-0.05, 0) is 54.9 Å². The van der Waals surface area contributed by atoms with E-state index in [4.69, 9.17) is 0 Å². The van der Waals surface area contributed by atoms with E-state index in [1.54, 1.807) is 43.3 Å². The molecule has 0 unspecified atom stereocenters. The Morgan fingerprint density at radius 2 is 1.81 bits per heavy atom. The topological polar surface area (TPSA) is 92.3 Å². The molecule has 0 aliphatic rings. The van der Waals surface area contributed by atoms with Gasteiger partial charge < -0.3 is 5.32 Å². The first-order valence-corrected chi connectivity index (χ1v) is 10.1. The number of para-hydroxylation sites is 1. The Balaban J connectivity index is 1.81. The van der Waals surface area contributed by atoms with Crippen molar-refractivity contribution in [1.82, 2.24) is 9.59 Å². The van der Waals surface area contributed by atoms with E-state index in [0.717, 1.165) is 11.5 Å². The van der Waals surface area contributed by atoms with Gasteiger partial charge in [0.15, 0.2) is 5.69 Å². The SMILES string of the molecule is CCN(c1ccccc1)S(=O)(=O)c1ccc(NC(=O)c2csnn2)cc1. The fourth-order valence-electron chi connectivity index (χ4n) is 2.38. The summed E-state index contributed by atoms with van der Waals surface area (Å²) in [5, 5.41) is 7.88. The number of benzene rings is 2. The average molecular weight is 388 g/mol. The zero-order valence-electron chi connectivity index (χ0n) is 13.9. The van der Waals surface area contributed by atoms with Gasteiger partial charge in [0.25, 0.3) is 15.9 Å². The van der Waals surface area contributed by atoms with Crippen molar-refractivity contribution < 1.29 is 13.2 Å². The third-order valence-electron chi connectivity index (χ3n) is 3.62. The molecule has 134 valence electrons. The maximum Gasteiger partial charge on any atom is 0.277 e. The summed E-state index contributed by atoms with van der Waals surface area (Å²) in [5.74, 6) is -0.395. The van der Waals surface area contributed by atoms with Crippen molar-refractivity contribution in [2.75, 3.05) is 16.2 Å². The lowest BCUT2D eigenvalue weighted by Gasteiger charge is -2.23. The van der Waals surface area contributed by atoms with Gasteiger partial charge >= 0.3 is 0 Å². The molecule has 0 aliphatic heterocycles. The second kappa shape index (κ2) is 7.63. The molecule has 7 nitrogen and oxygen atoms in total. The van der Waals surface area contributed by atoms with Gasteiger partial charge in [0.05, 0.1) is 10.6 Å². The molecule has 3 rings (SSSR count). The normalized spacial score (nSPS) is 11.1. The number of sulfonamides is 1. The van der Waals surface area contributed by atoms with Crippen LogP contribution in [0.2, 0.25) is 0 Å². The number of rotatable bonds is 6. The zero-order chi connectivity index (χ0) is 18.6. The summed E-state index contributed by atoms with van der Waals surface area (Å²) in [6, 6.07) is 14.9. The van der Waals surface area contributed by atoms with Crippen molar-refractivity contribution in [2.45, 2.75) is 11.8 Å². The van der Waals surface area contributed by atoms with Crippen LogP contribution in [0.25, 0.3) is 0 Å². The van der Waals surface area contributed by atoms with Gasteiger partial charge in [-0.2, -0.15) is 0 Å². The van der Waals surface area contributed by atoms with Crippen LogP contribution in [0.4, 0.5) is 11.4 Å². The lowest BCUT2D eigenvalue weighted by atomic mass is 10.3. The summed E-state index contributed by atoms with van der Waals surface area (Å²) in [7, 11) is -3.69. The summed E-state index contributed by atoms with van der Waals surface area (Å²) < 4.78 is 30.8. The van der Waals surface area contributed by atoms with Gasteiger partial charge in [-0.15, -0.1) is 5.10 Å². The minimum atomic E-state index is -3.69. The fraction of sp³-hybridized carbons (Fsp3) is 0.118. The van der Waals surface area contributed by atoms with Crippen LogP contribution >= 0.6 is 11.5 Å². The minimum absolute atomic E-state index is 0.150. The molecule has 0 aliphatic carbocycles. The standard InChI is InChI=1S/C17H16N4O3S2/c1-2-21(14-6-4-3-5-7-14)26(23,24)15-10-8-13(9-11-15)18-17(22)16-12-25-20-19-16/h3-12H,2H2,1H3,(H,18,22). The summed E-state index contributed by atoms with van der Waals surface area (Å²) in [6.07, 6.45) is 0. The lowest BCUT2D eigenvalue weighted by molar-refractivity contribution is 0.102. The van der Waals surface area contributed by atoms with E-state index < -0.39 is 15.9 Å². The lowest BCUT2D eigenvalue weighted by Crippen LogP contribution is -2.30. The van der Waals surface area contributed by atoms with E-state index >= 15 is 0 Å². The second-order valence-corrected chi connectivity index (χ2v) is 7.75. The highest BCUT2D eigenvalue weighted by Crippen LogP contribution is 2.24. The molecule has 0 saturated heterocycles. The number of hydrogen-bond acceptors (Lipinski definition) is 6. The Morgan fingerprint density at radius 1 is 1.12 bits per heavy atom. The molecule has 1 aromatic heterocycles. The summed E-state index contributed by atoms with van der Waals surface area (Å²) >= 11 is 1.08. The van der Waals surface area contributed by atoms with Crippen LogP contribution in [0, 0.1) is 0 Å². The van der Waals surface area contributed by atoms with Crippen LogP contribution in [0.15, 0.2) is 64.9 Å². The molecule has 3 aromatic rings. The van der Waals surface area contributed by atoms with E-state index in [0.29, 0.717) is 17.9 Å². The van der Waals surface area contributed by atoms with Crippen molar-refractivity contribution in [3.8, 4) is 0 Å². The minimum Gasteiger partial charge on any atom is -0.321 e. The highest BCUT2D eigenvalue weighted by molar-refractivity contribution is 7.92. The van der Waals surface area contributed by atoms with Crippen LogP contribution in [0.3, 0.4) is 0 Å². The van der Waals surface area contributed by atoms with Crippen LogP contribution < -0.4 is 9.62 Å². The summed E-state index contributed by atoms with van der Waals surface area (Å²) in [5.41, 5.74) is 1.29. The molecule has 1 N–H and O–H groups in total. The van der Waals surface area contributed by atoms with Crippen molar-refractivity contribution in [2.24, 2.45) is 0 Å². The Kier molecular flexibility index (Phi) is 5.29. The predicted molar refractivity (Wildman–Crippen MR) is 101 cm³/mol. The van der Waals surface area contributed by atoms with Crippen LogP contribution in [0.5, 0.6) is 0 Å². The van der Waals surface area contributed by atoms with Gasteiger partial charge in [-0.3, -0.25) is 9.10 Å². The molecule has 26 heavy (non-hydrogen) atoms. The summed E-state index contributed by atoms with van der Waals surface area (Å²) in [4.78, 5) is 12.1. The van der Waals surface area contributed by atoms with Crippen molar-refractivity contribution in [3.63, 3.8) is 0 Å². The second-order valence-electron chi connectivity index (χ2n) is 5.27. The molecule has 0 atom stereocenters. The smallest absolute Gasteiger partial charge is 0.277 e. The van der Waals surface area contributed by atoms with Crippen LogP contribution in [-0.2, 0) is 10.0 Å².